The molecule has 0 aliphatic carbocycles. The van der Waals surface area contributed by atoms with Crippen LogP contribution in [0.5, 0.6) is 0 Å². The summed E-state index contributed by atoms with van der Waals surface area (Å²) in [5.74, 6) is 0. The van der Waals surface area contributed by atoms with Crippen molar-refractivity contribution < 1.29 is 34.2 Å². The number of aliphatic hydroxyl groups excluding tert-OH is 1. The smallest absolute Gasteiger partial charge is 0.166 e. The zero-order chi connectivity index (χ0) is 12.2. The Kier molecular flexibility index (Phi) is 12.6. The molecule has 0 saturated heterocycles. The molecule has 1 heterocycles. The van der Waals surface area contributed by atoms with Gasteiger partial charge in [0.1, 0.15) is 0 Å². The van der Waals surface area contributed by atoms with Gasteiger partial charge in [0.15, 0.2) is 12.4 Å². The number of aliphatic hydroxyl groups is 1. The average Bonchev–Trinajstić information content (AvgIpc) is 2.18. The molecule has 0 aromatic carbocycles. The summed E-state index contributed by atoms with van der Waals surface area (Å²) >= 11 is -5.03. The van der Waals surface area contributed by atoms with E-state index in [1.54, 1.807) is 0 Å². The molecule has 0 amide bonds. The van der Waals surface area contributed by atoms with Crippen molar-refractivity contribution in [3.63, 3.8) is 0 Å². The molecule has 0 aliphatic heterocycles. The molecule has 1 rings (SSSR count). The molecule has 86 valence electrons. The second-order valence-electron chi connectivity index (χ2n) is 1.94. The molecule has 0 saturated carbocycles. The van der Waals surface area contributed by atoms with Gasteiger partial charge < -0.3 is 5.11 Å². The molecule has 1 aromatic heterocycles. The average molecular weight is 274 g/mol. The second-order valence-corrected chi connectivity index (χ2v) is 4.73. The normalized spacial score (nSPS) is 8.73. The minimum Gasteiger partial charge on any atom is -0.218 e. The van der Waals surface area contributed by atoms with Crippen LogP contribution in [-0.4, -0.2) is 11.7 Å². The Morgan fingerprint density at radius 2 is 1.73 bits per heavy atom. The maximum atomic E-state index is 8.91. The Morgan fingerprint density at radius 1 is 1.40 bits per heavy atom. The predicted octanol–water partition coefficient (Wildman–Crippen LogP) is -0.0742. The Morgan fingerprint density at radius 3 is 1.80 bits per heavy atom. The quantitative estimate of drug-likeness (QED) is 0.725. The van der Waals surface area contributed by atoms with Crippen LogP contribution in [0.1, 0.15) is 0 Å². The summed E-state index contributed by atoms with van der Waals surface area (Å²) in [4.78, 5) is 2.89. The molecule has 7 heteroatoms. The van der Waals surface area contributed by atoms with Crippen molar-refractivity contribution in [1.82, 2.24) is 0 Å². The van der Waals surface area contributed by atoms with Crippen LogP contribution in [0.2, 0.25) is 0 Å². The van der Waals surface area contributed by atoms with Gasteiger partial charge in [-0.3, -0.25) is 0 Å². The van der Waals surface area contributed by atoms with Crippen LogP contribution in [0.15, 0.2) is 43.2 Å². The summed E-state index contributed by atoms with van der Waals surface area (Å²) in [7, 11) is 4.02. The van der Waals surface area contributed by atoms with Gasteiger partial charge in [-0.05, 0) is 0 Å². The van der Waals surface area contributed by atoms with Crippen molar-refractivity contribution >= 4 is 10.0 Å². The van der Waals surface area contributed by atoms with E-state index in [4.69, 9.17) is 16.9 Å². The summed E-state index contributed by atoms with van der Waals surface area (Å²) < 4.78 is 26.7. The van der Waals surface area contributed by atoms with Crippen molar-refractivity contribution in [3.8, 4) is 0 Å². The van der Waals surface area contributed by atoms with E-state index in [-0.39, 0.29) is 6.61 Å². The topological polar surface area (TPSA) is 91.6 Å². The Bertz CT molecular complexity index is 293. The number of hydrogen-bond acceptors (Lipinski definition) is 4. The maximum absolute atomic E-state index is 8.91. The van der Waals surface area contributed by atoms with Crippen LogP contribution < -0.4 is 9.14 Å². The molecule has 0 unspecified atom stereocenters. The van der Waals surface area contributed by atoms with E-state index >= 15 is 0 Å². The van der Waals surface area contributed by atoms with E-state index in [2.05, 4.69) is 21.6 Å². The van der Waals surface area contributed by atoms with E-state index in [1.165, 1.54) is 6.08 Å². The van der Waals surface area contributed by atoms with Gasteiger partial charge in [-0.25, -0.2) is 4.98 Å². The molecule has 0 atom stereocenters. The van der Waals surface area contributed by atoms with Crippen molar-refractivity contribution in [2.45, 2.75) is 0 Å². The third kappa shape index (κ3) is 43.0. The number of halogens is 1. The zero-order valence-electron chi connectivity index (χ0n) is 7.84. The first-order chi connectivity index (χ1) is 6.91. The monoisotopic (exact) mass is 273 g/mol. The van der Waals surface area contributed by atoms with E-state index in [0.29, 0.717) is 0 Å². The molecule has 2 N–H and O–H groups in total. The molecule has 15 heavy (non-hydrogen) atoms. The standard InChI is InChI=1S/C5H5N.C3H6O.ClH.Cr.3O/c1-2-4-6-5-3-1;1-2-3-4;;;;;/h1-5H;2,4H,1,3H2;1H;;;;/q;;;+1;;;-1. The van der Waals surface area contributed by atoms with E-state index in [9.17, 15) is 0 Å². The number of nitrogens with one attached hydrogen (secondary N) is 1. The minimum atomic E-state index is -5.03. The first-order valence-corrected chi connectivity index (χ1v) is 7.01. The van der Waals surface area contributed by atoms with Crippen LogP contribution in [0.3, 0.4) is 0 Å². The number of pyridine rings is 1. The zero-order valence-corrected chi connectivity index (χ0v) is 9.87. The van der Waals surface area contributed by atoms with Crippen molar-refractivity contribution in [3.05, 3.63) is 43.2 Å². The Balaban J connectivity index is 0. The van der Waals surface area contributed by atoms with Gasteiger partial charge in [0, 0.05) is 12.1 Å². The Hall–Kier alpha value is -0.768. The fraction of sp³-hybridized carbons (Fsp3) is 0.125. The second kappa shape index (κ2) is 11.3. The molecule has 0 spiro atoms. The number of rotatable bonds is 1. The fourth-order valence-corrected chi connectivity index (χ4v) is 0.342. The van der Waals surface area contributed by atoms with Crippen LogP contribution in [0.4, 0.5) is 0 Å². The maximum Gasteiger partial charge on any atom is 0.166 e. The predicted molar refractivity (Wildman–Crippen MR) is 47.5 cm³/mol. The fourth-order valence-electron chi connectivity index (χ4n) is 0.342. The van der Waals surface area contributed by atoms with Crippen molar-refractivity contribution in [2.75, 3.05) is 6.61 Å². The SMILES string of the molecule is C=CCO.[O]=[Cr](=[O])([O-])[Cl].c1cc[nH+]cc1. The summed E-state index contributed by atoms with van der Waals surface area (Å²) in [5.41, 5.74) is 0. The Labute approximate surface area is 94.3 Å². The molecule has 5 nitrogen and oxygen atoms in total. The van der Waals surface area contributed by atoms with E-state index in [1.807, 2.05) is 30.6 Å². The van der Waals surface area contributed by atoms with Crippen LogP contribution in [0.25, 0.3) is 0 Å². The third-order valence-corrected chi connectivity index (χ3v) is 0.736. The van der Waals surface area contributed by atoms with Gasteiger partial charge in [0.05, 0.1) is 6.61 Å². The first kappa shape index (κ1) is 16.7. The summed E-state index contributed by atoms with van der Waals surface area (Å²) in [6.45, 7) is 3.31. The number of aromatic amines is 1. The molecular formula is C8H12ClCrNO4. The number of hydrogen-bond donors (Lipinski definition) is 1. The van der Waals surface area contributed by atoms with Crippen LogP contribution >= 0.6 is 10.0 Å². The molecule has 0 radical (unpaired) electrons. The van der Waals surface area contributed by atoms with Gasteiger partial charge in [-0.15, -0.1) is 6.58 Å². The minimum absolute atomic E-state index is 0.0833. The van der Waals surface area contributed by atoms with Gasteiger partial charge in [0.2, 0.25) is 0 Å². The van der Waals surface area contributed by atoms with E-state index < -0.39 is 12.4 Å². The first-order valence-electron chi connectivity index (χ1n) is 3.70. The third-order valence-electron chi connectivity index (χ3n) is 0.736. The van der Waals surface area contributed by atoms with Crippen molar-refractivity contribution in [2.24, 2.45) is 0 Å². The largest absolute Gasteiger partial charge is 0.218 e. The molecule has 0 bridgehead atoms. The van der Waals surface area contributed by atoms with E-state index in [0.717, 1.165) is 0 Å². The number of aromatic nitrogens is 1. The van der Waals surface area contributed by atoms with Gasteiger partial charge in [-0.2, -0.15) is 0 Å². The summed E-state index contributed by atoms with van der Waals surface area (Å²) in [5, 5.41) is 7.76. The molecule has 1 aromatic rings. The summed E-state index contributed by atoms with van der Waals surface area (Å²) in [6, 6.07) is 5.86. The molecule has 0 fully saturated rings. The number of H-pyrrole nitrogens is 1. The van der Waals surface area contributed by atoms with Crippen molar-refractivity contribution in [1.29, 1.82) is 0 Å². The van der Waals surface area contributed by atoms with Gasteiger partial charge in [-0.1, -0.05) is 12.1 Å². The summed E-state index contributed by atoms with van der Waals surface area (Å²) in [6.07, 6.45) is 5.18. The molecular weight excluding hydrogens is 262 g/mol. The molecule has 0 aliphatic rings. The van der Waals surface area contributed by atoms with Gasteiger partial charge in [0.25, 0.3) is 0 Å². The van der Waals surface area contributed by atoms with Crippen LogP contribution in [0, 0.1) is 0 Å². The van der Waals surface area contributed by atoms with Gasteiger partial charge >= 0.3 is 34.2 Å². The van der Waals surface area contributed by atoms with Crippen LogP contribution in [-0.2, 0) is 20.0 Å².